The van der Waals surface area contributed by atoms with Crippen LogP contribution in [-0.4, -0.2) is 26.3 Å². The Labute approximate surface area is 160 Å². The first-order valence-electron chi connectivity index (χ1n) is 8.39. The van der Waals surface area contributed by atoms with Crippen molar-refractivity contribution < 1.29 is 18.3 Å². The van der Waals surface area contributed by atoms with Gasteiger partial charge in [0.05, 0.1) is 5.75 Å². The fraction of sp³-hybridized carbons (Fsp3) is 0.316. The molecular weight excluding hydrogens is 369 g/mol. The van der Waals surface area contributed by atoms with E-state index in [1.165, 1.54) is 36.0 Å². The first-order valence-corrected chi connectivity index (χ1v) is 9.38. The third-order valence-corrected chi connectivity index (χ3v) is 5.12. The molecule has 0 radical (unpaired) electrons. The van der Waals surface area contributed by atoms with E-state index in [2.05, 4.69) is 10.2 Å². The summed E-state index contributed by atoms with van der Waals surface area (Å²) in [5, 5.41) is 8.22. The van der Waals surface area contributed by atoms with Crippen LogP contribution in [0.2, 0.25) is 0 Å². The second-order valence-corrected chi connectivity index (χ2v) is 7.10. The minimum Gasteiger partial charge on any atom is -0.481 e. The summed E-state index contributed by atoms with van der Waals surface area (Å²) >= 11 is 1.19. The second kappa shape index (κ2) is 7.96. The molecule has 0 bridgehead atoms. The lowest BCUT2D eigenvalue weighted by molar-refractivity contribution is 0.102. The minimum atomic E-state index is -0.493. The van der Waals surface area contributed by atoms with Crippen LogP contribution < -0.4 is 4.74 Å². The van der Waals surface area contributed by atoms with Gasteiger partial charge in [0.25, 0.3) is 11.1 Å². The highest BCUT2D eigenvalue weighted by atomic mass is 32.2. The van der Waals surface area contributed by atoms with Crippen molar-refractivity contribution in [3.8, 4) is 5.75 Å². The highest BCUT2D eigenvalue weighted by Gasteiger charge is 2.19. The van der Waals surface area contributed by atoms with Gasteiger partial charge < -0.3 is 13.7 Å². The molecule has 0 N–H and O–H groups in total. The third kappa shape index (κ3) is 4.39. The van der Waals surface area contributed by atoms with Crippen LogP contribution in [0.3, 0.4) is 0 Å². The molecule has 6 nitrogen and oxygen atoms in total. The average Bonchev–Trinajstić information content (AvgIpc) is 3.22. The number of hydrogen-bond donors (Lipinski definition) is 0. The van der Waals surface area contributed by atoms with E-state index in [0.29, 0.717) is 22.4 Å². The van der Waals surface area contributed by atoms with Gasteiger partial charge in [-0.2, -0.15) is 0 Å². The van der Waals surface area contributed by atoms with E-state index in [9.17, 15) is 9.18 Å². The van der Waals surface area contributed by atoms with Gasteiger partial charge in [0.15, 0.2) is 11.9 Å². The number of Topliss-reactive ketones (excluding diaryl/α,β-unsaturated/α-hetero) is 1. The summed E-state index contributed by atoms with van der Waals surface area (Å²) in [6, 6.07) is 7.57. The number of ketones is 1. The Bertz CT molecular complexity index is 950. The minimum absolute atomic E-state index is 0.0107. The number of rotatable bonds is 7. The van der Waals surface area contributed by atoms with Crippen molar-refractivity contribution in [3.05, 3.63) is 59.0 Å². The van der Waals surface area contributed by atoms with Crippen molar-refractivity contribution in [3.63, 3.8) is 0 Å². The Morgan fingerprint density at radius 3 is 2.63 bits per heavy atom. The summed E-state index contributed by atoms with van der Waals surface area (Å²) in [4.78, 5) is 12.4. The number of halogens is 1. The lowest BCUT2D eigenvalue weighted by Gasteiger charge is -2.10. The second-order valence-electron chi connectivity index (χ2n) is 6.18. The number of thioether (sulfide) groups is 1. The standard InChI is InChI=1S/C19H20FN3O3S/c1-11-9-16(12(2)23(11)4)17(24)10-27-19-22-21-18(26-19)13(3)25-15-7-5-14(20)6-8-15/h5-9,13H,10H2,1-4H3/t13-/m1/s1. The van der Waals surface area contributed by atoms with E-state index in [0.717, 1.165) is 11.4 Å². The molecule has 8 heteroatoms. The fourth-order valence-electron chi connectivity index (χ4n) is 2.55. The van der Waals surface area contributed by atoms with Gasteiger partial charge in [-0.15, -0.1) is 10.2 Å². The smallest absolute Gasteiger partial charge is 0.277 e. The molecule has 0 aliphatic rings. The van der Waals surface area contributed by atoms with Gasteiger partial charge in [-0.25, -0.2) is 4.39 Å². The Morgan fingerprint density at radius 2 is 2.00 bits per heavy atom. The molecule has 142 valence electrons. The molecule has 1 atom stereocenters. The highest BCUT2D eigenvalue weighted by molar-refractivity contribution is 7.99. The van der Waals surface area contributed by atoms with E-state index in [1.807, 2.05) is 31.5 Å². The summed E-state index contributed by atoms with van der Waals surface area (Å²) in [5.41, 5.74) is 2.67. The zero-order chi connectivity index (χ0) is 19.6. The Kier molecular flexibility index (Phi) is 5.65. The van der Waals surface area contributed by atoms with Crippen LogP contribution in [0.5, 0.6) is 5.75 Å². The quantitative estimate of drug-likeness (QED) is 0.444. The number of ether oxygens (including phenoxy) is 1. The third-order valence-electron chi connectivity index (χ3n) is 4.30. The molecule has 3 aromatic rings. The topological polar surface area (TPSA) is 70.2 Å². The van der Waals surface area contributed by atoms with Crippen molar-refractivity contribution in [2.24, 2.45) is 7.05 Å². The average molecular weight is 389 g/mol. The van der Waals surface area contributed by atoms with Gasteiger partial charge in [-0.05, 0) is 51.1 Å². The van der Waals surface area contributed by atoms with E-state index in [1.54, 1.807) is 6.92 Å². The van der Waals surface area contributed by atoms with Gasteiger partial charge in [-0.3, -0.25) is 4.79 Å². The predicted molar refractivity (Wildman–Crippen MR) is 99.7 cm³/mol. The molecule has 2 aromatic heterocycles. The zero-order valence-corrected chi connectivity index (χ0v) is 16.3. The summed E-state index contributed by atoms with van der Waals surface area (Å²) < 4.78 is 26.2. The molecule has 0 fully saturated rings. The molecule has 3 rings (SSSR count). The Balaban J connectivity index is 1.59. The summed E-state index contributed by atoms with van der Waals surface area (Å²) in [5.74, 6) is 0.679. The van der Waals surface area contributed by atoms with Crippen LogP contribution in [0, 0.1) is 19.7 Å². The van der Waals surface area contributed by atoms with E-state index >= 15 is 0 Å². The Hall–Kier alpha value is -2.61. The number of aryl methyl sites for hydroxylation is 1. The lowest BCUT2D eigenvalue weighted by atomic mass is 10.2. The number of nitrogens with zero attached hydrogens (tertiary/aromatic N) is 3. The Morgan fingerprint density at radius 1 is 1.30 bits per heavy atom. The van der Waals surface area contributed by atoms with Gasteiger partial charge in [0, 0.05) is 24.0 Å². The summed E-state index contributed by atoms with van der Waals surface area (Å²) in [6.07, 6.45) is -0.493. The van der Waals surface area contributed by atoms with Crippen molar-refractivity contribution in [1.82, 2.24) is 14.8 Å². The van der Waals surface area contributed by atoms with Crippen LogP contribution in [0.25, 0.3) is 0 Å². The predicted octanol–water partition coefficient (Wildman–Crippen LogP) is 4.28. The van der Waals surface area contributed by atoms with E-state index < -0.39 is 6.10 Å². The van der Waals surface area contributed by atoms with Crippen LogP contribution in [0.15, 0.2) is 40.0 Å². The maximum absolute atomic E-state index is 12.9. The largest absolute Gasteiger partial charge is 0.481 e. The van der Waals surface area contributed by atoms with E-state index in [-0.39, 0.29) is 17.4 Å². The molecule has 2 heterocycles. The normalized spacial score (nSPS) is 12.2. The van der Waals surface area contributed by atoms with Crippen molar-refractivity contribution in [2.75, 3.05) is 5.75 Å². The maximum atomic E-state index is 12.9. The monoisotopic (exact) mass is 389 g/mol. The molecule has 0 saturated heterocycles. The molecule has 0 aliphatic heterocycles. The van der Waals surface area contributed by atoms with E-state index in [4.69, 9.17) is 9.15 Å². The molecule has 27 heavy (non-hydrogen) atoms. The maximum Gasteiger partial charge on any atom is 0.277 e. The van der Waals surface area contributed by atoms with Gasteiger partial charge >= 0.3 is 0 Å². The fourth-order valence-corrected chi connectivity index (χ4v) is 3.21. The van der Waals surface area contributed by atoms with Crippen molar-refractivity contribution >= 4 is 17.5 Å². The SMILES string of the molecule is Cc1cc(C(=O)CSc2nnc([C@@H](C)Oc3ccc(F)cc3)o2)c(C)n1C. The highest BCUT2D eigenvalue weighted by Crippen LogP contribution is 2.25. The number of carbonyl (C=O) groups is 1. The number of benzene rings is 1. The van der Waals surface area contributed by atoms with Gasteiger partial charge in [0.1, 0.15) is 11.6 Å². The molecule has 0 amide bonds. The van der Waals surface area contributed by atoms with Crippen LogP contribution >= 0.6 is 11.8 Å². The van der Waals surface area contributed by atoms with Crippen molar-refractivity contribution in [1.29, 1.82) is 0 Å². The molecule has 0 spiro atoms. The summed E-state index contributed by atoms with van der Waals surface area (Å²) in [7, 11) is 1.93. The van der Waals surface area contributed by atoms with Gasteiger partial charge in [0.2, 0.25) is 0 Å². The van der Waals surface area contributed by atoms with Gasteiger partial charge in [-0.1, -0.05) is 11.8 Å². The first kappa shape index (κ1) is 19.2. The summed E-state index contributed by atoms with van der Waals surface area (Å²) in [6.45, 7) is 5.64. The van der Waals surface area contributed by atoms with Crippen LogP contribution in [-0.2, 0) is 7.05 Å². The van der Waals surface area contributed by atoms with Crippen molar-refractivity contribution in [2.45, 2.75) is 32.1 Å². The first-order chi connectivity index (χ1) is 12.8. The molecule has 0 unspecified atom stereocenters. The molecular formula is C19H20FN3O3S. The molecule has 0 aliphatic carbocycles. The van der Waals surface area contributed by atoms with Crippen LogP contribution in [0.1, 0.15) is 40.7 Å². The number of aromatic nitrogens is 3. The zero-order valence-electron chi connectivity index (χ0n) is 15.5. The number of hydrogen-bond acceptors (Lipinski definition) is 6. The molecule has 0 saturated carbocycles. The lowest BCUT2D eigenvalue weighted by Crippen LogP contribution is -2.04. The number of carbonyl (C=O) groups excluding carboxylic acids is 1. The van der Waals surface area contributed by atoms with Crippen LogP contribution in [0.4, 0.5) is 4.39 Å². The molecule has 1 aromatic carbocycles.